The number of rotatable bonds is 3. The summed E-state index contributed by atoms with van der Waals surface area (Å²) in [4.78, 5) is 4.99. The second kappa shape index (κ2) is 3.87. The Balaban J connectivity index is 2.26. The molecule has 74 valence electrons. The van der Waals surface area contributed by atoms with E-state index in [1.807, 2.05) is 17.5 Å². The first-order valence-corrected chi connectivity index (χ1v) is 4.93. The molecule has 3 N–H and O–H groups in total. The topological polar surface area (TPSA) is 85.2 Å². The Labute approximate surface area is 84.2 Å². The Morgan fingerprint density at radius 2 is 2.50 bits per heavy atom. The number of aliphatic hydroxyl groups is 1. The van der Waals surface area contributed by atoms with Crippen LogP contribution in [0.3, 0.4) is 0 Å². The van der Waals surface area contributed by atoms with Crippen molar-refractivity contribution in [2.24, 2.45) is 5.73 Å². The molecule has 2 aromatic heterocycles. The summed E-state index contributed by atoms with van der Waals surface area (Å²) in [6.07, 6.45) is 0. The highest BCUT2D eigenvalue weighted by Gasteiger charge is 2.14. The van der Waals surface area contributed by atoms with Crippen molar-refractivity contribution in [2.75, 3.05) is 6.61 Å². The fourth-order valence-corrected chi connectivity index (χ4v) is 1.62. The van der Waals surface area contributed by atoms with Gasteiger partial charge >= 0.3 is 0 Å². The quantitative estimate of drug-likeness (QED) is 0.784. The molecule has 0 saturated carbocycles. The third kappa shape index (κ3) is 1.67. The lowest BCUT2D eigenvalue weighted by atomic mass is 10.3. The SMILES string of the molecule is NC(CO)c1nc(-c2cccs2)no1. The molecule has 6 heteroatoms. The second-order valence-corrected chi connectivity index (χ2v) is 3.67. The van der Waals surface area contributed by atoms with Crippen LogP contribution in [0.2, 0.25) is 0 Å². The van der Waals surface area contributed by atoms with Gasteiger partial charge < -0.3 is 15.4 Å². The van der Waals surface area contributed by atoms with E-state index in [1.54, 1.807) is 0 Å². The highest BCUT2D eigenvalue weighted by molar-refractivity contribution is 7.13. The minimum atomic E-state index is -0.601. The zero-order valence-electron chi connectivity index (χ0n) is 7.25. The molecule has 0 bridgehead atoms. The van der Waals surface area contributed by atoms with E-state index in [1.165, 1.54) is 11.3 Å². The Kier molecular flexibility index (Phi) is 2.58. The van der Waals surface area contributed by atoms with E-state index in [4.69, 9.17) is 15.4 Å². The highest BCUT2D eigenvalue weighted by atomic mass is 32.1. The van der Waals surface area contributed by atoms with Gasteiger partial charge in [0, 0.05) is 0 Å². The van der Waals surface area contributed by atoms with Crippen molar-refractivity contribution in [3.8, 4) is 10.7 Å². The Bertz CT molecular complexity index is 398. The number of aromatic nitrogens is 2. The van der Waals surface area contributed by atoms with Gasteiger partial charge in [-0.1, -0.05) is 11.2 Å². The van der Waals surface area contributed by atoms with Gasteiger partial charge in [-0.15, -0.1) is 11.3 Å². The predicted octanol–water partition coefficient (Wildman–Crippen LogP) is 0.790. The van der Waals surface area contributed by atoms with E-state index in [9.17, 15) is 0 Å². The molecule has 0 saturated heterocycles. The first-order chi connectivity index (χ1) is 6.81. The van der Waals surface area contributed by atoms with Crippen molar-refractivity contribution in [1.29, 1.82) is 0 Å². The highest BCUT2D eigenvalue weighted by Crippen LogP contribution is 2.22. The summed E-state index contributed by atoms with van der Waals surface area (Å²) in [5.41, 5.74) is 5.52. The van der Waals surface area contributed by atoms with E-state index in [0.717, 1.165) is 4.88 Å². The van der Waals surface area contributed by atoms with Gasteiger partial charge in [0.1, 0.15) is 6.04 Å². The zero-order valence-corrected chi connectivity index (χ0v) is 8.07. The molecule has 1 atom stereocenters. The van der Waals surface area contributed by atoms with Crippen LogP contribution in [-0.2, 0) is 0 Å². The van der Waals surface area contributed by atoms with Crippen LogP contribution in [0.1, 0.15) is 11.9 Å². The zero-order chi connectivity index (χ0) is 9.97. The maximum Gasteiger partial charge on any atom is 0.246 e. The Morgan fingerprint density at radius 1 is 1.64 bits per heavy atom. The molecule has 0 amide bonds. The minimum absolute atomic E-state index is 0.202. The van der Waals surface area contributed by atoms with Crippen LogP contribution in [-0.4, -0.2) is 21.9 Å². The molecule has 5 nitrogen and oxygen atoms in total. The lowest BCUT2D eigenvalue weighted by Crippen LogP contribution is -2.14. The fraction of sp³-hybridized carbons (Fsp3) is 0.250. The predicted molar refractivity (Wildman–Crippen MR) is 51.6 cm³/mol. The third-order valence-corrected chi connectivity index (χ3v) is 2.56. The van der Waals surface area contributed by atoms with E-state index < -0.39 is 6.04 Å². The van der Waals surface area contributed by atoms with Gasteiger partial charge in [0.15, 0.2) is 0 Å². The van der Waals surface area contributed by atoms with Crippen molar-refractivity contribution in [3.05, 3.63) is 23.4 Å². The van der Waals surface area contributed by atoms with Crippen LogP contribution in [0.15, 0.2) is 22.0 Å². The smallest absolute Gasteiger partial charge is 0.246 e. The molecule has 0 aliphatic rings. The summed E-state index contributed by atoms with van der Waals surface area (Å²) in [7, 11) is 0. The van der Waals surface area contributed by atoms with Crippen molar-refractivity contribution < 1.29 is 9.63 Å². The van der Waals surface area contributed by atoms with E-state index in [-0.39, 0.29) is 12.5 Å². The van der Waals surface area contributed by atoms with Crippen molar-refractivity contribution in [1.82, 2.24) is 10.1 Å². The number of hydrogen-bond donors (Lipinski definition) is 2. The lowest BCUT2D eigenvalue weighted by Gasteiger charge is -1.98. The summed E-state index contributed by atoms with van der Waals surface area (Å²) in [5.74, 6) is 0.773. The molecule has 0 fully saturated rings. The number of nitrogens with two attached hydrogens (primary N) is 1. The maximum absolute atomic E-state index is 8.78. The molecule has 0 aliphatic carbocycles. The molecule has 0 spiro atoms. The fourth-order valence-electron chi connectivity index (χ4n) is 0.970. The molecule has 2 aromatic rings. The Hall–Kier alpha value is -1.24. The van der Waals surface area contributed by atoms with Crippen LogP contribution in [0.4, 0.5) is 0 Å². The van der Waals surface area contributed by atoms with Gasteiger partial charge in [0.05, 0.1) is 11.5 Å². The average Bonchev–Trinajstić information content (AvgIpc) is 2.86. The van der Waals surface area contributed by atoms with Crippen LogP contribution < -0.4 is 5.73 Å². The summed E-state index contributed by atoms with van der Waals surface area (Å²) >= 11 is 1.52. The van der Waals surface area contributed by atoms with Gasteiger partial charge in [-0.3, -0.25) is 0 Å². The molecular weight excluding hydrogens is 202 g/mol. The molecule has 0 radical (unpaired) electrons. The van der Waals surface area contributed by atoms with Gasteiger partial charge in [0.25, 0.3) is 0 Å². The number of nitrogens with zero attached hydrogens (tertiary/aromatic N) is 2. The molecule has 2 heterocycles. The summed E-state index contributed by atoms with van der Waals surface area (Å²) in [6.45, 7) is -0.202. The minimum Gasteiger partial charge on any atom is -0.394 e. The molecule has 1 unspecified atom stereocenters. The van der Waals surface area contributed by atoms with Crippen LogP contribution >= 0.6 is 11.3 Å². The summed E-state index contributed by atoms with van der Waals surface area (Å²) in [5, 5.41) is 14.5. The van der Waals surface area contributed by atoms with Crippen molar-refractivity contribution in [2.45, 2.75) is 6.04 Å². The van der Waals surface area contributed by atoms with E-state index in [2.05, 4.69) is 10.1 Å². The molecular formula is C8H9N3O2S. The van der Waals surface area contributed by atoms with Gasteiger partial charge in [-0.2, -0.15) is 4.98 Å². The molecule has 2 rings (SSSR count). The molecule has 0 aliphatic heterocycles. The maximum atomic E-state index is 8.78. The van der Waals surface area contributed by atoms with Gasteiger partial charge in [0.2, 0.25) is 11.7 Å². The normalized spacial score (nSPS) is 13.0. The summed E-state index contributed by atoms with van der Waals surface area (Å²) in [6, 6.07) is 3.20. The average molecular weight is 211 g/mol. The van der Waals surface area contributed by atoms with Crippen molar-refractivity contribution >= 4 is 11.3 Å². The summed E-state index contributed by atoms with van der Waals surface area (Å²) < 4.78 is 4.90. The number of thiophene rings is 1. The standard InChI is InChI=1S/C8H9N3O2S/c9-5(4-12)8-10-7(11-13-8)6-2-1-3-14-6/h1-3,5,12H,4,9H2. The van der Waals surface area contributed by atoms with Crippen LogP contribution in [0.5, 0.6) is 0 Å². The molecule has 0 aromatic carbocycles. The first kappa shape index (κ1) is 9.32. The molecule has 14 heavy (non-hydrogen) atoms. The number of aliphatic hydroxyl groups excluding tert-OH is 1. The lowest BCUT2D eigenvalue weighted by molar-refractivity contribution is 0.237. The van der Waals surface area contributed by atoms with E-state index in [0.29, 0.717) is 5.82 Å². The second-order valence-electron chi connectivity index (χ2n) is 2.72. The monoisotopic (exact) mass is 211 g/mol. The largest absolute Gasteiger partial charge is 0.394 e. The van der Waals surface area contributed by atoms with Crippen LogP contribution in [0, 0.1) is 0 Å². The van der Waals surface area contributed by atoms with Crippen molar-refractivity contribution in [3.63, 3.8) is 0 Å². The third-order valence-electron chi connectivity index (χ3n) is 1.70. The number of hydrogen-bond acceptors (Lipinski definition) is 6. The van der Waals surface area contributed by atoms with E-state index >= 15 is 0 Å². The van der Waals surface area contributed by atoms with Crippen LogP contribution in [0.25, 0.3) is 10.7 Å². The first-order valence-electron chi connectivity index (χ1n) is 4.05. The van der Waals surface area contributed by atoms with Gasteiger partial charge in [-0.05, 0) is 11.4 Å². The Morgan fingerprint density at radius 3 is 3.14 bits per heavy atom. The van der Waals surface area contributed by atoms with Gasteiger partial charge in [-0.25, -0.2) is 0 Å².